The summed E-state index contributed by atoms with van der Waals surface area (Å²) in [5, 5.41) is 11.5. The van der Waals surface area contributed by atoms with Crippen LogP contribution in [-0.4, -0.2) is 51.5 Å². The maximum atomic E-state index is 13.4. The predicted octanol–water partition coefficient (Wildman–Crippen LogP) is 5.20. The molecule has 0 radical (unpaired) electrons. The number of unbranched alkanes of at least 4 members (excludes halogenated alkanes) is 1. The van der Waals surface area contributed by atoms with E-state index in [-0.39, 0.29) is 11.3 Å². The first-order valence-electron chi connectivity index (χ1n) is 13.0. The normalized spacial score (nSPS) is 16.7. The van der Waals surface area contributed by atoms with Crippen LogP contribution in [0.1, 0.15) is 54.5 Å². The molecule has 4 rings (SSSR count). The third kappa shape index (κ3) is 5.59. The summed E-state index contributed by atoms with van der Waals surface area (Å²) in [4.78, 5) is 32.4. The molecule has 2 aromatic carbocycles. The molecule has 1 aliphatic heterocycles. The molecule has 1 atom stereocenters. The van der Waals surface area contributed by atoms with Crippen LogP contribution in [0, 0.1) is 13.8 Å². The van der Waals surface area contributed by atoms with Gasteiger partial charge >= 0.3 is 0 Å². The van der Waals surface area contributed by atoms with Crippen molar-refractivity contribution >= 4 is 17.4 Å². The SMILES string of the molecule is CCCCOc1ccc(C2/C(=C(\O)c3cc(C)ccc3C)C(=O)C(=O)N2CCCn2ccnc2)cc1OC. The van der Waals surface area contributed by atoms with Crippen molar-refractivity contribution in [1.29, 1.82) is 0 Å². The zero-order chi connectivity index (χ0) is 27.2. The monoisotopic (exact) mass is 517 g/mol. The fourth-order valence-electron chi connectivity index (χ4n) is 4.74. The molecule has 200 valence electrons. The molecule has 3 aromatic rings. The number of benzene rings is 2. The molecule has 0 spiro atoms. The molecule has 1 fully saturated rings. The van der Waals surface area contributed by atoms with E-state index in [0.29, 0.717) is 48.7 Å². The number of Topliss-reactive ketones (excluding diaryl/α,β-unsaturated/α-hetero) is 1. The predicted molar refractivity (Wildman–Crippen MR) is 145 cm³/mol. The fraction of sp³-hybridized carbons (Fsp3) is 0.367. The lowest BCUT2D eigenvalue weighted by molar-refractivity contribution is -0.139. The van der Waals surface area contributed by atoms with Gasteiger partial charge in [0.2, 0.25) is 0 Å². The molecule has 38 heavy (non-hydrogen) atoms. The third-order valence-corrected chi connectivity index (χ3v) is 6.82. The lowest BCUT2D eigenvalue weighted by atomic mass is 9.93. The van der Waals surface area contributed by atoms with Gasteiger partial charge in [0.15, 0.2) is 11.5 Å². The van der Waals surface area contributed by atoms with E-state index in [9.17, 15) is 14.7 Å². The largest absolute Gasteiger partial charge is 0.507 e. The third-order valence-electron chi connectivity index (χ3n) is 6.82. The minimum Gasteiger partial charge on any atom is -0.507 e. The van der Waals surface area contributed by atoms with E-state index < -0.39 is 17.7 Å². The van der Waals surface area contributed by atoms with Gasteiger partial charge in [0.1, 0.15) is 5.76 Å². The average Bonchev–Trinajstić information content (AvgIpc) is 3.52. The summed E-state index contributed by atoms with van der Waals surface area (Å²) >= 11 is 0. The van der Waals surface area contributed by atoms with E-state index in [4.69, 9.17) is 9.47 Å². The van der Waals surface area contributed by atoms with Gasteiger partial charge in [0, 0.05) is 31.0 Å². The van der Waals surface area contributed by atoms with Gasteiger partial charge in [-0.15, -0.1) is 0 Å². The number of carbonyl (C=O) groups excluding carboxylic acids is 2. The first-order valence-corrected chi connectivity index (χ1v) is 13.0. The highest BCUT2D eigenvalue weighted by atomic mass is 16.5. The standard InChI is InChI=1S/C30H35N3O5/c1-5-6-16-38-24-11-10-22(18-25(24)37-4)27-26(28(34)23-17-20(2)8-9-21(23)3)29(35)30(36)33(27)14-7-13-32-15-12-31-19-32/h8-12,15,17-19,27,34H,5-7,13-14,16H2,1-4H3/b28-26+. The van der Waals surface area contributed by atoms with Crippen molar-refractivity contribution in [2.24, 2.45) is 0 Å². The molecule has 1 aliphatic rings. The number of hydrogen-bond donors (Lipinski definition) is 1. The minimum absolute atomic E-state index is 0.0769. The number of methoxy groups -OCH3 is 1. The van der Waals surface area contributed by atoms with E-state index in [0.717, 1.165) is 24.0 Å². The topological polar surface area (TPSA) is 93.9 Å². The molecule has 2 heterocycles. The molecule has 1 saturated heterocycles. The van der Waals surface area contributed by atoms with Crippen molar-refractivity contribution in [2.75, 3.05) is 20.3 Å². The molecule has 0 bridgehead atoms. The van der Waals surface area contributed by atoms with Crippen molar-refractivity contribution in [3.05, 3.63) is 82.9 Å². The summed E-state index contributed by atoms with van der Waals surface area (Å²) in [6.07, 6.45) is 7.80. The van der Waals surface area contributed by atoms with Gasteiger partial charge in [-0.25, -0.2) is 4.98 Å². The molecule has 1 aromatic heterocycles. The van der Waals surface area contributed by atoms with Crippen LogP contribution in [0.5, 0.6) is 11.5 Å². The molecule has 0 saturated carbocycles. The number of aryl methyl sites for hydroxylation is 3. The quantitative estimate of drug-likeness (QED) is 0.163. The summed E-state index contributed by atoms with van der Waals surface area (Å²) in [5.41, 5.74) is 3.04. The zero-order valence-electron chi connectivity index (χ0n) is 22.4. The molecule has 0 aliphatic carbocycles. The number of aliphatic hydroxyl groups is 1. The Labute approximate surface area is 223 Å². The summed E-state index contributed by atoms with van der Waals surface area (Å²) in [6.45, 7) is 7.41. The lowest BCUT2D eigenvalue weighted by Crippen LogP contribution is -2.31. The smallest absolute Gasteiger partial charge is 0.295 e. The van der Waals surface area contributed by atoms with Crippen LogP contribution in [0.3, 0.4) is 0 Å². The Morgan fingerprint density at radius 3 is 2.58 bits per heavy atom. The number of aromatic nitrogens is 2. The molecular formula is C30H35N3O5. The second kappa shape index (κ2) is 12.0. The van der Waals surface area contributed by atoms with Gasteiger partial charge in [-0.2, -0.15) is 0 Å². The number of amides is 1. The zero-order valence-corrected chi connectivity index (χ0v) is 22.4. The number of carbonyl (C=O) groups is 2. The summed E-state index contributed by atoms with van der Waals surface area (Å²) < 4.78 is 13.4. The Balaban J connectivity index is 1.77. The Hall–Kier alpha value is -4.07. The Bertz CT molecular complexity index is 1330. The van der Waals surface area contributed by atoms with Gasteiger partial charge < -0.3 is 24.0 Å². The van der Waals surface area contributed by atoms with Crippen LogP contribution in [0.4, 0.5) is 0 Å². The Kier molecular flexibility index (Phi) is 8.51. The van der Waals surface area contributed by atoms with Crippen molar-refractivity contribution in [3.63, 3.8) is 0 Å². The molecule has 8 nitrogen and oxygen atoms in total. The van der Waals surface area contributed by atoms with Crippen LogP contribution in [0.2, 0.25) is 0 Å². The summed E-state index contributed by atoms with van der Waals surface area (Å²) in [5.74, 6) is -0.396. The number of ether oxygens (including phenoxy) is 2. The Morgan fingerprint density at radius 2 is 1.87 bits per heavy atom. The maximum Gasteiger partial charge on any atom is 0.295 e. The van der Waals surface area contributed by atoms with Crippen LogP contribution in [-0.2, 0) is 16.1 Å². The van der Waals surface area contributed by atoms with Crippen LogP contribution in [0.25, 0.3) is 5.76 Å². The van der Waals surface area contributed by atoms with Gasteiger partial charge in [0.05, 0.1) is 31.7 Å². The molecular weight excluding hydrogens is 482 g/mol. The fourth-order valence-corrected chi connectivity index (χ4v) is 4.74. The number of ketones is 1. The van der Waals surface area contributed by atoms with E-state index in [1.807, 2.05) is 48.9 Å². The lowest BCUT2D eigenvalue weighted by Gasteiger charge is -2.26. The highest BCUT2D eigenvalue weighted by Gasteiger charge is 2.46. The van der Waals surface area contributed by atoms with Crippen LogP contribution < -0.4 is 9.47 Å². The average molecular weight is 518 g/mol. The van der Waals surface area contributed by atoms with E-state index >= 15 is 0 Å². The van der Waals surface area contributed by atoms with Gasteiger partial charge in [-0.05, 0) is 56.0 Å². The molecule has 1 amide bonds. The van der Waals surface area contributed by atoms with Crippen LogP contribution >= 0.6 is 0 Å². The van der Waals surface area contributed by atoms with Crippen molar-refractivity contribution in [1.82, 2.24) is 14.5 Å². The summed E-state index contributed by atoms with van der Waals surface area (Å²) in [7, 11) is 1.56. The van der Waals surface area contributed by atoms with Crippen molar-refractivity contribution in [2.45, 2.75) is 52.6 Å². The maximum absolute atomic E-state index is 13.4. The molecule has 1 unspecified atom stereocenters. The van der Waals surface area contributed by atoms with Gasteiger partial charge in [-0.3, -0.25) is 9.59 Å². The molecule has 8 heteroatoms. The second-order valence-corrected chi connectivity index (χ2v) is 9.58. The number of hydrogen-bond acceptors (Lipinski definition) is 6. The van der Waals surface area contributed by atoms with Crippen molar-refractivity contribution in [3.8, 4) is 11.5 Å². The van der Waals surface area contributed by atoms with E-state index in [1.54, 1.807) is 36.7 Å². The van der Waals surface area contributed by atoms with Gasteiger partial charge in [0.25, 0.3) is 11.7 Å². The minimum atomic E-state index is -0.767. The first kappa shape index (κ1) is 27.0. The highest BCUT2D eigenvalue weighted by Crippen LogP contribution is 2.42. The number of nitrogens with zero attached hydrogens (tertiary/aromatic N) is 3. The molecule has 1 N–H and O–H groups in total. The highest BCUT2D eigenvalue weighted by molar-refractivity contribution is 6.46. The van der Waals surface area contributed by atoms with Gasteiger partial charge in [-0.1, -0.05) is 37.1 Å². The second-order valence-electron chi connectivity index (χ2n) is 9.58. The number of rotatable bonds is 11. The van der Waals surface area contributed by atoms with E-state index in [2.05, 4.69) is 11.9 Å². The Morgan fingerprint density at radius 1 is 1.05 bits per heavy atom. The van der Waals surface area contributed by atoms with Crippen molar-refractivity contribution < 1.29 is 24.2 Å². The summed E-state index contributed by atoms with van der Waals surface area (Å²) in [6, 6.07) is 10.3. The van der Waals surface area contributed by atoms with Crippen LogP contribution in [0.15, 0.2) is 60.7 Å². The van der Waals surface area contributed by atoms with E-state index in [1.165, 1.54) is 0 Å². The number of likely N-dealkylation sites (tertiary alicyclic amines) is 1. The first-order chi connectivity index (χ1) is 18.3. The number of imidazole rings is 1. The number of aliphatic hydroxyl groups excluding tert-OH is 1.